The molecule has 8 heteroatoms. The number of ether oxygens (including phenoxy) is 4. The Balaban J connectivity index is 1.47. The van der Waals surface area contributed by atoms with Gasteiger partial charge in [-0.3, -0.25) is 9.59 Å². The Hall–Kier alpha value is -2.64. The van der Waals surface area contributed by atoms with E-state index in [0.29, 0.717) is 31.1 Å². The van der Waals surface area contributed by atoms with Gasteiger partial charge in [-0.15, -0.1) is 0 Å². The minimum Gasteiger partial charge on any atom is -0.463 e. The summed E-state index contributed by atoms with van der Waals surface area (Å²) in [4.78, 5) is 47.9. The molecule has 0 aliphatic heterocycles. The van der Waals surface area contributed by atoms with E-state index in [4.69, 9.17) is 18.9 Å². The van der Waals surface area contributed by atoms with Crippen molar-refractivity contribution in [1.29, 1.82) is 0 Å². The average molecular weight is 477 g/mol. The summed E-state index contributed by atoms with van der Waals surface area (Å²) in [6.45, 7) is 3.80. The molecule has 4 saturated carbocycles. The van der Waals surface area contributed by atoms with Crippen molar-refractivity contribution in [2.24, 2.45) is 11.8 Å². The van der Waals surface area contributed by atoms with Crippen molar-refractivity contribution in [1.82, 2.24) is 0 Å². The maximum Gasteiger partial charge on any atom is 0.330 e. The molecule has 4 fully saturated rings. The number of carbonyl (C=O) groups is 4. The van der Waals surface area contributed by atoms with Crippen LogP contribution in [0.5, 0.6) is 0 Å². The summed E-state index contributed by atoms with van der Waals surface area (Å²) < 4.78 is 22.1. The Morgan fingerprint density at radius 1 is 0.735 bits per heavy atom. The van der Waals surface area contributed by atoms with Gasteiger partial charge in [0.15, 0.2) is 0 Å². The molecule has 8 nitrogen and oxygen atoms in total. The van der Waals surface area contributed by atoms with E-state index in [2.05, 4.69) is 0 Å². The van der Waals surface area contributed by atoms with Gasteiger partial charge in [0, 0.05) is 31.4 Å². The van der Waals surface area contributed by atoms with Gasteiger partial charge in [0.2, 0.25) is 0 Å². The van der Waals surface area contributed by atoms with E-state index >= 15 is 0 Å². The van der Waals surface area contributed by atoms with Gasteiger partial charge in [-0.25, -0.2) is 9.59 Å². The van der Waals surface area contributed by atoms with Crippen LogP contribution in [-0.2, 0) is 38.1 Å². The Labute approximate surface area is 201 Å². The van der Waals surface area contributed by atoms with Crippen LogP contribution in [0, 0.1) is 11.8 Å². The van der Waals surface area contributed by atoms with Crippen molar-refractivity contribution in [2.75, 3.05) is 13.2 Å². The summed E-state index contributed by atoms with van der Waals surface area (Å²) >= 11 is 0. The third-order valence-electron chi connectivity index (χ3n) is 6.76. The number of hydrogen-bond donors (Lipinski definition) is 0. The van der Waals surface area contributed by atoms with Crippen LogP contribution in [0.25, 0.3) is 0 Å². The fraction of sp³-hybridized carbons (Fsp3) is 0.692. The van der Waals surface area contributed by atoms with Crippen LogP contribution < -0.4 is 0 Å². The van der Waals surface area contributed by atoms with Crippen molar-refractivity contribution in [3.63, 3.8) is 0 Å². The Kier molecular flexibility index (Phi) is 8.91. The van der Waals surface area contributed by atoms with E-state index in [1.165, 1.54) is 12.2 Å². The molecule has 0 amide bonds. The lowest BCUT2D eigenvalue weighted by atomic mass is 9.52. The highest BCUT2D eigenvalue weighted by atomic mass is 16.6. The monoisotopic (exact) mass is 476 g/mol. The molecule has 34 heavy (non-hydrogen) atoms. The molecule has 188 valence electrons. The molecule has 4 bridgehead atoms. The lowest BCUT2D eigenvalue weighted by molar-refractivity contribution is -0.231. The number of hydrogen-bond acceptors (Lipinski definition) is 8. The van der Waals surface area contributed by atoms with E-state index in [9.17, 15) is 19.2 Å². The quantitative estimate of drug-likeness (QED) is 0.180. The topological polar surface area (TPSA) is 105 Å². The first-order valence-corrected chi connectivity index (χ1v) is 12.3. The number of allylic oxidation sites excluding steroid dienone is 2. The normalized spacial score (nSPS) is 29.4. The standard InChI is InChI=1S/C26H36O8/c1-3-7-21(27)31-11-5-9-23(29)33-25-14-19-13-20(15-25)17-26(16-19,18-25)34-24(30)10-6-12-32-22(28)8-4-2/h3-4,7-8,19-20H,5-6,9-18H2,1-2H3. The van der Waals surface area contributed by atoms with Gasteiger partial charge < -0.3 is 18.9 Å². The second kappa shape index (κ2) is 11.7. The molecular formula is C26H36O8. The molecule has 0 atom stereocenters. The summed E-state index contributed by atoms with van der Waals surface area (Å²) in [5.74, 6) is -0.675. The minimum absolute atomic E-state index is 0.169. The van der Waals surface area contributed by atoms with Crippen LogP contribution >= 0.6 is 0 Å². The molecule has 4 aliphatic carbocycles. The predicted octanol–water partition coefficient (Wildman–Crippen LogP) is 3.96. The molecule has 0 spiro atoms. The average Bonchev–Trinajstić information content (AvgIpc) is 2.73. The van der Waals surface area contributed by atoms with Gasteiger partial charge >= 0.3 is 23.9 Å². The first kappa shape index (κ1) is 26.0. The second-order valence-electron chi connectivity index (χ2n) is 9.82. The van der Waals surface area contributed by atoms with Gasteiger partial charge in [-0.2, -0.15) is 0 Å². The Bertz CT molecular complexity index is 749. The number of esters is 4. The highest BCUT2D eigenvalue weighted by Gasteiger charge is 2.61. The van der Waals surface area contributed by atoms with Crippen molar-refractivity contribution < 1.29 is 38.1 Å². The van der Waals surface area contributed by atoms with Crippen LogP contribution in [0.15, 0.2) is 24.3 Å². The second-order valence-corrected chi connectivity index (χ2v) is 9.82. The SMILES string of the molecule is CC=CC(=O)OCCCC(=O)OC12CC3CC(C1)CC(OC(=O)CCCOC(=O)C=CC)(C3)C2. The van der Waals surface area contributed by atoms with E-state index < -0.39 is 23.1 Å². The molecule has 0 aromatic rings. The summed E-state index contributed by atoms with van der Waals surface area (Å²) in [5, 5.41) is 0. The molecule has 0 radical (unpaired) electrons. The molecule has 4 aliphatic rings. The van der Waals surface area contributed by atoms with Crippen LogP contribution in [0.4, 0.5) is 0 Å². The van der Waals surface area contributed by atoms with E-state index in [1.54, 1.807) is 26.0 Å². The molecule has 0 aromatic heterocycles. The van der Waals surface area contributed by atoms with E-state index in [1.807, 2.05) is 0 Å². The summed E-state index contributed by atoms with van der Waals surface area (Å²) in [7, 11) is 0. The van der Waals surface area contributed by atoms with Gasteiger partial charge in [-0.05, 0) is 70.6 Å². The molecule has 0 saturated heterocycles. The molecular weight excluding hydrogens is 440 g/mol. The van der Waals surface area contributed by atoms with Crippen LogP contribution in [-0.4, -0.2) is 48.3 Å². The number of rotatable bonds is 12. The highest BCUT2D eigenvalue weighted by Crippen LogP contribution is 2.60. The van der Waals surface area contributed by atoms with E-state index in [0.717, 1.165) is 32.1 Å². The van der Waals surface area contributed by atoms with Crippen molar-refractivity contribution in [2.45, 2.75) is 89.3 Å². The fourth-order valence-electron chi connectivity index (χ4n) is 6.07. The third-order valence-corrected chi connectivity index (χ3v) is 6.76. The largest absolute Gasteiger partial charge is 0.463 e. The molecule has 4 rings (SSSR count). The van der Waals surface area contributed by atoms with Crippen molar-refractivity contribution in [3.8, 4) is 0 Å². The highest BCUT2D eigenvalue weighted by molar-refractivity contribution is 5.82. The third kappa shape index (κ3) is 7.18. The van der Waals surface area contributed by atoms with Gasteiger partial charge in [0.25, 0.3) is 0 Å². The zero-order valence-corrected chi connectivity index (χ0v) is 20.2. The summed E-state index contributed by atoms with van der Waals surface area (Å²) in [6, 6.07) is 0. The van der Waals surface area contributed by atoms with Crippen LogP contribution in [0.3, 0.4) is 0 Å². The smallest absolute Gasteiger partial charge is 0.330 e. The van der Waals surface area contributed by atoms with Gasteiger partial charge in [-0.1, -0.05) is 12.2 Å². The molecule has 0 aromatic carbocycles. The number of carbonyl (C=O) groups excluding carboxylic acids is 4. The van der Waals surface area contributed by atoms with Crippen LogP contribution in [0.1, 0.15) is 78.1 Å². The van der Waals surface area contributed by atoms with Gasteiger partial charge in [0.1, 0.15) is 11.2 Å². The van der Waals surface area contributed by atoms with Crippen LogP contribution in [0.2, 0.25) is 0 Å². The zero-order chi connectivity index (χ0) is 24.6. The Morgan fingerprint density at radius 2 is 1.15 bits per heavy atom. The molecule has 0 N–H and O–H groups in total. The minimum atomic E-state index is -0.578. The molecule has 0 unspecified atom stereocenters. The fourth-order valence-corrected chi connectivity index (χ4v) is 6.07. The Morgan fingerprint density at radius 3 is 1.53 bits per heavy atom. The zero-order valence-electron chi connectivity index (χ0n) is 20.2. The van der Waals surface area contributed by atoms with E-state index in [-0.39, 0.29) is 38.0 Å². The lowest BCUT2D eigenvalue weighted by Gasteiger charge is -2.60. The lowest BCUT2D eigenvalue weighted by Crippen LogP contribution is -2.61. The maximum atomic E-state index is 12.6. The predicted molar refractivity (Wildman–Crippen MR) is 122 cm³/mol. The first-order valence-electron chi connectivity index (χ1n) is 12.3. The van der Waals surface area contributed by atoms with Crippen molar-refractivity contribution in [3.05, 3.63) is 24.3 Å². The maximum absolute atomic E-state index is 12.6. The van der Waals surface area contributed by atoms with Gasteiger partial charge in [0.05, 0.1) is 13.2 Å². The van der Waals surface area contributed by atoms with Crippen molar-refractivity contribution >= 4 is 23.9 Å². The first-order chi connectivity index (χ1) is 16.3. The summed E-state index contributed by atoms with van der Waals surface area (Å²) in [6.07, 6.45) is 11.9. The summed E-state index contributed by atoms with van der Waals surface area (Å²) in [5.41, 5.74) is -1.16. The molecule has 0 heterocycles.